The second-order valence-electron chi connectivity index (χ2n) is 3.56. The van der Waals surface area contributed by atoms with Crippen LogP contribution in [-0.2, 0) is 10.4 Å². The van der Waals surface area contributed by atoms with Crippen LogP contribution in [0.1, 0.15) is 0 Å². The highest BCUT2D eigenvalue weighted by molar-refractivity contribution is 7.79. The van der Waals surface area contributed by atoms with Gasteiger partial charge in [0.05, 0.1) is 6.54 Å². The Balaban J connectivity index is 0.000000421. The molecule has 0 aromatic heterocycles. The van der Waals surface area contributed by atoms with E-state index in [9.17, 15) is 0 Å². The number of aliphatic imine (C=N–C) groups is 1. The Bertz CT molecular complexity index is 382. The van der Waals surface area contributed by atoms with Crippen molar-refractivity contribution in [2.24, 2.45) is 4.99 Å². The molecular weight excluding hydrogens is 264 g/mol. The predicted molar refractivity (Wildman–Crippen MR) is 66.5 cm³/mol. The molecule has 0 amide bonds. The maximum Gasteiger partial charge on any atom is 0.394 e. The zero-order valence-electron chi connectivity index (χ0n) is 9.89. The third-order valence-electron chi connectivity index (χ3n) is 2.33. The summed E-state index contributed by atoms with van der Waals surface area (Å²) < 4.78 is 31.6. The van der Waals surface area contributed by atoms with Gasteiger partial charge < -0.3 is 15.8 Å². The van der Waals surface area contributed by atoms with E-state index >= 15 is 0 Å². The van der Waals surface area contributed by atoms with E-state index in [-0.39, 0.29) is 5.48 Å². The van der Waals surface area contributed by atoms with E-state index < -0.39 is 10.4 Å². The Kier molecular flexibility index (Phi) is 6.98. The molecule has 1 fully saturated rings. The predicted octanol–water partition coefficient (Wildman–Crippen LogP) is -1.81. The summed E-state index contributed by atoms with van der Waals surface area (Å²) >= 11 is 0. The van der Waals surface area contributed by atoms with Gasteiger partial charge in [0, 0.05) is 37.7 Å². The summed E-state index contributed by atoms with van der Waals surface area (Å²) in [6, 6.07) is 0.664. The lowest BCUT2D eigenvalue weighted by Gasteiger charge is -2.45. The highest BCUT2D eigenvalue weighted by atomic mass is 32.3. The number of nitrogens with zero attached hydrogens (tertiary/aromatic N) is 3. The second kappa shape index (κ2) is 7.41. The normalized spacial score (nSPS) is 19.6. The number of likely N-dealkylation sites (N-methyl/N-ethyl adjacent to an activating group) is 1. The van der Waals surface area contributed by atoms with E-state index in [0.29, 0.717) is 6.04 Å². The number of hydrogen-bond donors (Lipinski definition) is 3. The van der Waals surface area contributed by atoms with Gasteiger partial charge in [-0.2, -0.15) is 8.42 Å². The highest BCUT2D eigenvalue weighted by Crippen LogP contribution is 2.12. The fraction of sp³-hybridized carbons (Fsp3) is 0.625. The lowest BCUT2D eigenvalue weighted by atomic mass is 10.1. The van der Waals surface area contributed by atoms with E-state index in [0.717, 1.165) is 19.6 Å². The summed E-state index contributed by atoms with van der Waals surface area (Å²) in [6.45, 7) is 3.12. The van der Waals surface area contributed by atoms with Crippen molar-refractivity contribution in [3.05, 3.63) is 12.4 Å². The van der Waals surface area contributed by atoms with Crippen LogP contribution in [0.5, 0.6) is 0 Å². The lowest BCUT2D eigenvalue weighted by molar-refractivity contribution is -0.0434. The SMILES string of the molecule is CNC1CN(N2C=CN=CC2)C1.O.O=S(=O)(O)O. The van der Waals surface area contributed by atoms with Crippen LogP contribution in [0.3, 0.4) is 0 Å². The summed E-state index contributed by atoms with van der Waals surface area (Å²) in [5.41, 5.74) is 0. The molecule has 106 valence electrons. The van der Waals surface area contributed by atoms with Crippen LogP contribution in [0.2, 0.25) is 0 Å². The zero-order chi connectivity index (χ0) is 12.9. The van der Waals surface area contributed by atoms with Gasteiger partial charge in [-0.05, 0) is 7.05 Å². The van der Waals surface area contributed by atoms with E-state index in [1.165, 1.54) is 0 Å². The Morgan fingerprint density at radius 2 is 1.94 bits per heavy atom. The number of rotatable bonds is 2. The van der Waals surface area contributed by atoms with Crippen LogP contribution in [-0.4, -0.2) is 72.0 Å². The molecule has 2 rings (SSSR count). The van der Waals surface area contributed by atoms with Crippen LogP contribution in [0.25, 0.3) is 0 Å². The average Bonchev–Trinajstić information content (AvgIpc) is 2.15. The Hall–Kier alpha value is -1.04. The van der Waals surface area contributed by atoms with E-state index in [4.69, 9.17) is 17.5 Å². The second-order valence-corrected chi connectivity index (χ2v) is 4.45. The van der Waals surface area contributed by atoms with Crippen molar-refractivity contribution >= 4 is 16.6 Å². The van der Waals surface area contributed by atoms with Crippen molar-refractivity contribution in [2.75, 3.05) is 26.7 Å². The summed E-state index contributed by atoms with van der Waals surface area (Å²) in [7, 11) is -2.66. The summed E-state index contributed by atoms with van der Waals surface area (Å²) in [4.78, 5) is 4.02. The molecule has 0 unspecified atom stereocenters. The minimum atomic E-state index is -4.67. The molecule has 18 heavy (non-hydrogen) atoms. The van der Waals surface area contributed by atoms with Crippen molar-refractivity contribution in [3.63, 3.8) is 0 Å². The minimum Gasteiger partial charge on any atom is -0.412 e. The average molecular weight is 282 g/mol. The first kappa shape index (κ1) is 17.0. The molecule has 0 bridgehead atoms. The van der Waals surface area contributed by atoms with Gasteiger partial charge in [-0.1, -0.05) is 0 Å². The molecule has 10 heteroatoms. The number of nitrogens with one attached hydrogen (secondary N) is 1. The first-order valence-electron chi connectivity index (χ1n) is 4.97. The molecular formula is C8H18N4O5S. The van der Waals surface area contributed by atoms with E-state index in [1.54, 1.807) is 0 Å². The maximum atomic E-state index is 8.74. The molecule has 0 spiro atoms. The van der Waals surface area contributed by atoms with Crippen LogP contribution in [0.4, 0.5) is 0 Å². The first-order chi connectivity index (χ1) is 7.90. The Labute approximate surface area is 106 Å². The Morgan fingerprint density at radius 1 is 1.39 bits per heavy atom. The van der Waals surface area contributed by atoms with Crippen molar-refractivity contribution in [2.45, 2.75) is 6.04 Å². The summed E-state index contributed by atoms with van der Waals surface area (Å²) in [6.07, 6.45) is 5.77. The molecule has 0 saturated carbocycles. The molecule has 0 aliphatic carbocycles. The van der Waals surface area contributed by atoms with Crippen LogP contribution >= 0.6 is 0 Å². The minimum absolute atomic E-state index is 0. The topological polar surface area (TPSA) is 137 Å². The third-order valence-corrected chi connectivity index (χ3v) is 2.33. The van der Waals surface area contributed by atoms with Gasteiger partial charge in [0.15, 0.2) is 0 Å². The molecule has 2 heterocycles. The monoisotopic (exact) mass is 282 g/mol. The summed E-state index contributed by atoms with van der Waals surface area (Å²) in [5.74, 6) is 0. The molecule has 0 aromatic carbocycles. The first-order valence-corrected chi connectivity index (χ1v) is 6.37. The number of hydrogen-bond acceptors (Lipinski definition) is 6. The van der Waals surface area contributed by atoms with E-state index in [1.807, 2.05) is 25.7 Å². The molecule has 2 aliphatic heterocycles. The fourth-order valence-corrected chi connectivity index (χ4v) is 1.43. The lowest BCUT2D eigenvalue weighted by Crippen LogP contribution is -2.62. The smallest absolute Gasteiger partial charge is 0.394 e. The van der Waals surface area contributed by atoms with Crippen LogP contribution < -0.4 is 5.32 Å². The van der Waals surface area contributed by atoms with Crippen molar-refractivity contribution < 1.29 is 23.0 Å². The van der Waals surface area contributed by atoms with Crippen molar-refractivity contribution in [1.82, 2.24) is 15.3 Å². The standard InChI is InChI=1S/C8H14N4.H2O4S.H2O/c1-9-8-6-12(7-8)11-4-2-10-3-5-11;1-5(2,3)4;/h2-4,8-9H,5-7H2,1H3;(H2,1,2,3,4);1H2. The fourth-order valence-electron chi connectivity index (χ4n) is 1.43. The summed E-state index contributed by atoms with van der Waals surface area (Å²) in [5, 5.41) is 7.75. The van der Waals surface area contributed by atoms with Crippen molar-refractivity contribution in [1.29, 1.82) is 0 Å². The van der Waals surface area contributed by atoms with Gasteiger partial charge in [-0.25, -0.2) is 5.01 Å². The van der Waals surface area contributed by atoms with Crippen LogP contribution in [0, 0.1) is 0 Å². The van der Waals surface area contributed by atoms with E-state index in [2.05, 4.69) is 20.3 Å². The molecule has 9 nitrogen and oxygen atoms in total. The molecule has 5 N–H and O–H groups in total. The van der Waals surface area contributed by atoms with Gasteiger partial charge in [0.2, 0.25) is 0 Å². The maximum absolute atomic E-state index is 8.74. The number of hydrazine groups is 1. The van der Waals surface area contributed by atoms with Gasteiger partial charge in [0.1, 0.15) is 0 Å². The molecule has 1 saturated heterocycles. The quantitative estimate of drug-likeness (QED) is 0.507. The van der Waals surface area contributed by atoms with Gasteiger partial charge >= 0.3 is 10.4 Å². The van der Waals surface area contributed by atoms with Crippen molar-refractivity contribution in [3.8, 4) is 0 Å². The highest BCUT2D eigenvalue weighted by Gasteiger charge is 2.28. The zero-order valence-corrected chi connectivity index (χ0v) is 10.7. The van der Waals surface area contributed by atoms with Crippen LogP contribution in [0.15, 0.2) is 17.4 Å². The Morgan fingerprint density at radius 3 is 2.33 bits per heavy atom. The largest absolute Gasteiger partial charge is 0.412 e. The molecule has 0 atom stereocenters. The van der Waals surface area contributed by atoms with Gasteiger partial charge in [-0.15, -0.1) is 0 Å². The molecule has 0 aromatic rings. The van der Waals surface area contributed by atoms with Gasteiger partial charge in [0.25, 0.3) is 0 Å². The third kappa shape index (κ3) is 6.64. The van der Waals surface area contributed by atoms with Gasteiger partial charge in [-0.3, -0.25) is 14.1 Å². The molecule has 2 aliphatic rings. The molecule has 0 radical (unpaired) electrons.